The topological polar surface area (TPSA) is 27.8 Å². The Bertz CT molecular complexity index is 532. The van der Waals surface area contributed by atoms with Crippen LogP contribution in [0.1, 0.15) is 19.0 Å². The summed E-state index contributed by atoms with van der Waals surface area (Å²) in [5.74, 6) is 1.78. The number of hydrogen-bond acceptors (Lipinski definition) is 1. The maximum Gasteiger partial charge on any atom is 0.0705 e. The van der Waals surface area contributed by atoms with E-state index in [1.807, 2.05) is 12.1 Å². The van der Waals surface area contributed by atoms with Crippen LogP contribution in [0.3, 0.4) is 0 Å². The molecule has 2 nitrogen and oxygen atoms in total. The molecule has 17 heavy (non-hydrogen) atoms. The quantitative estimate of drug-likeness (QED) is 0.851. The van der Waals surface area contributed by atoms with Gasteiger partial charge in [-0.15, -0.1) is 0 Å². The Morgan fingerprint density at radius 1 is 1.41 bits per heavy atom. The Labute approximate surface area is 106 Å². The van der Waals surface area contributed by atoms with Crippen molar-refractivity contribution in [3.8, 4) is 0 Å². The molecule has 0 saturated heterocycles. The van der Waals surface area contributed by atoms with Gasteiger partial charge in [0, 0.05) is 23.1 Å². The van der Waals surface area contributed by atoms with E-state index in [4.69, 9.17) is 11.6 Å². The number of H-pyrrole nitrogens is 1. The van der Waals surface area contributed by atoms with Crippen molar-refractivity contribution in [2.45, 2.75) is 19.9 Å². The van der Waals surface area contributed by atoms with Crippen LogP contribution in [-0.4, -0.2) is 11.5 Å². The molecule has 3 heteroatoms. The van der Waals surface area contributed by atoms with Crippen LogP contribution in [0.5, 0.6) is 0 Å². The van der Waals surface area contributed by atoms with Crippen molar-refractivity contribution in [3.05, 3.63) is 35.0 Å². The van der Waals surface area contributed by atoms with Gasteiger partial charge in [-0.2, -0.15) is 0 Å². The molecule has 0 amide bonds. The Morgan fingerprint density at radius 3 is 2.88 bits per heavy atom. The number of rotatable bonds is 4. The number of aromatic amines is 1. The third kappa shape index (κ3) is 2.20. The van der Waals surface area contributed by atoms with E-state index in [2.05, 4.69) is 29.4 Å². The SMILES string of the molecule is CC1CC1CNCc1[nH]c2ccccc2c1Cl. The molecule has 2 aromatic rings. The largest absolute Gasteiger partial charge is 0.356 e. The number of para-hydroxylation sites is 1. The van der Waals surface area contributed by atoms with Crippen molar-refractivity contribution in [3.63, 3.8) is 0 Å². The van der Waals surface area contributed by atoms with Crippen LogP contribution in [-0.2, 0) is 6.54 Å². The second-order valence-corrected chi connectivity index (χ2v) is 5.45. The van der Waals surface area contributed by atoms with Gasteiger partial charge in [0.1, 0.15) is 0 Å². The third-order valence-electron chi connectivity index (χ3n) is 3.70. The number of aromatic nitrogens is 1. The third-order valence-corrected chi connectivity index (χ3v) is 4.13. The normalized spacial score (nSPS) is 23.2. The molecule has 0 bridgehead atoms. The molecule has 1 aromatic heterocycles. The summed E-state index contributed by atoms with van der Waals surface area (Å²) < 4.78 is 0. The summed E-state index contributed by atoms with van der Waals surface area (Å²) in [7, 11) is 0. The molecule has 3 rings (SSSR count). The van der Waals surface area contributed by atoms with E-state index in [9.17, 15) is 0 Å². The van der Waals surface area contributed by atoms with Gasteiger partial charge in [-0.3, -0.25) is 0 Å². The van der Waals surface area contributed by atoms with Gasteiger partial charge in [0.05, 0.1) is 5.02 Å². The summed E-state index contributed by atoms with van der Waals surface area (Å²) in [6.07, 6.45) is 1.37. The molecule has 1 saturated carbocycles. The molecule has 2 unspecified atom stereocenters. The van der Waals surface area contributed by atoms with Crippen LogP contribution in [0, 0.1) is 11.8 Å². The average Bonchev–Trinajstić information content (AvgIpc) is 2.94. The molecule has 1 aliphatic carbocycles. The predicted molar refractivity (Wildman–Crippen MR) is 72.3 cm³/mol. The zero-order valence-electron chi connectivity index (χ0n) is 9.96. The van der Waals surface area contributed by atoms with Crippen LogP contribution in [0.25, 0.3) is 10.9 Å². The fourth-order valence-corrected chi connectivity index (χ4v) is 2.63. The molecule has 2 N–H and O–H groups in total. The molecular weight excluding hydrogens is 232 g/mol. The first-order valence-electron chi connectivity index (χ1n) is 6.21. The minimum absolute atomic E-state index is 0.830. The van der Waals surface area contributed by atoms with Gasteiger partial charge in [-0.05, 0) is 30.9 Å². The standard InChI is InChI=1S/C14H17ClN2/c1-9-6-10(9)7-16-8-13-14(15)11-4-2-3-5-12(11)17-13/h2-5,9-10,16-17H,6-8H2,1H3. The molecule has 90 valence electrons. The van der Waals surface area contributed by atoms with Crippen LogP contribution in [0.15, 0.2) is 24.3 Å². The number of nitrogens with one attached hydrogen (secondary N) is 2. The Balaban J connectivity index is 1.69. The van der Waals surface area contributed by atoms with E-state index in [-0.39, 0.29) is 0 Å². The highest BCUT2D eigenvalue weighted by Crippen LogP contribution is 2.36. The van der Waals surface area contributed by atoms with Gasteiger partial charge in [0.15, 0.2) is 0 Å². The van der Waals surface area contributed by atoms with Crippen LogP contribution in [0.4, 0.5) is 0 Å². The minimum Gasteiger partial charge on any atom is -0.356 e. The Kier molecular flexibility index (Phi) is 2.85. The van der Waals surface area contributed by atoms with E-state index in [0.29, 0.717) is 0 Å². The first kappa shape index (κ1) is 11.1. The molecule has 0 aliphatic heterocycles. The van der Waals surface area contributed by atoms with Gasteiger partial charge in [0.2, 0.25) is 0 Å². The fourth-order valence-electron chi connectivity index (χ4n) is 2.35. The minimum atomic E-state index is 0.830. The highest BCUT2D eigenvalue weighted by atomic mass is 35.5. The Hall–Kier alpha value is -0.990. The summed E-state index contributed by atoms with van der Waals surface area (Å²) in [4.78, 5) is 3.37. The fraction of sp³-hybridized carbons (Fsp3) is 0.429. The summed E-state index contributed by atoms with van der Waals surface area (Å²) in [5.41, 5.74) is 2.22. The van der Waals surface area contributed by atoms with Gasteiger partial charge in [0.25, 0.3) is 0 Å². The monoisotopic (exact) mass is 248 g/mol. The number of halogens is 1. The lowest BCUT2D eigenvalue weighted by Gasteiger charge is -2.02. The first-order valence-corrected chi connectivity index (χ1v) is 6.59. The molecule has 0 spiro atoms. The molecule has 1 aromatic carbocycles. The number of fused-ring (bicyclic) bond motifs is 1. The Morgan fingerprint density at radius 2 is 2.18 bits per heavy atom. The maximum atomic E-state index is 6.35. The van der Waals surface area contributed by atoms with Gasteiger partial charge >= 0.3 is 0 Å². The van der Waals surface area contributed by atoms with Crippen LogP contribution >= 0.6 is 11.6 Å². The van der Waals surface area contributed by atoms with Crippen molar-refractivity contribution >= 4 is 22.5 Å². The zero-order chi connectivity index (χ0) is 11.8. The van der Waals surface area contributed by atoms with Crippen molar-refractivity contribution in [1.29, 1.82) is 0 Å². The van der Waals surface area contributed by atoms with Gasteiger partial charge in [-0.25, -0.2) is 0 Å². The number of benzene rings is 1. The lowest BCUT2D eigenvalue weighted by atomic mass is 10.2. The van der Waals surface area contributed by atoms with E-state index >= 15 is 0 Å². The van der Waals surface area contributed by atoms with Crippen molar-refractivity contribution in [1.82, 2.24) is 10.3 Å². The molecule has 0 radical (unpaired) electrons. The van der Waals surface area contributed by atoms with E-state index < -0.39 is 0 Å². The highest BCUT2D eigenvalue weighted by molar-refractivity contribution is 6.36. The van der Waals surface area contributed by atoms with Crippen LogP contribution in [0.2, 0.25) is 5.02 Å². The van der Waals surface area contributed by atoms with Gasteiger partial charge < -0.3 is 10.3 Å². The molecule has 1 heterocycles. The molecule has 1 fully saturated rings. The first-order chi connectivity index (χ1) is 8.25. The van der Waals surface area contributed by atoms with Crippen molar-refractivity contribution in [2.24, 2.45) is 11.8 Å². The second-order valence-electron chi connectivity index (χ2n) is 5.07. The van der Waals surface area contributed by atoms with E-state index in [0.717, 1.165) is 46.5 Å². The molecular formula is C14H17ClN2. The average molecular weight is 249 g/mol. The van der Waals surface area contributed by atoms with E-state index in [1.165, 1.54) is 6.42 Å². The smallest absolute Gasteiger partial charge is 0.0705 e. The van der Waals surface area contributed by atoms with Crippen LogP contribution < -0.4 is 5.32 Å². The van der Waals surface area contributed by atoms with E-state index in [1.54, 1.807) is 0 Å². The van der Waals surface area contributed by atoms with Gasteiger partial charge in [-0.1, -0.05) is 36.7 Å². The maximum absolute atomic E-state index is 6.35. The predicted octanol–water partition coefficient (Wildman–Crippen LogP) is 3.57. The van der Waals surface area contributed by atoms with Crippen molar-refractivity contribution < 1.29 is 0 Å². The lowest BCUT2D eigenvalue weighted by Crippen LogP contribution is -2.17. The second kappa shape index (κ2) is 4.35. The van der Waals surface area contributed by atoms with Crippen molar-refractivity contribution in [2.75, 3.05) is 6.54 Å². The highest BCUT2D eigenvalue weighted by Gasteiger charge is 2.31. The summed E-state index contributed by atoms with van der Waals surface area (Å²) in [6.45, 7) is 4.24. The zero-order valence-corrected chi connectivity index (χ0v) is 10.7. The number of hydrogen-bond donors (Lipinski definition) is 2. The lowest BCUT2D eigenvalue weighted by molar-refractivity contribution is 0.607. The summed E-state index contributed by atoms with van der Waals surface area (Å²) >= 11 is 6.35. The summed E-state index contributed by atoms with van der Waals surface area (Å²) in [5, 5.41) is 5.45. The summed E-state index contributed by atoms with van der Waals surface area (Å²) in [6, 6.07) is 8.16. The molecule has 1 aliphatic rings. The molecule has 2 atom stereocenters.